The lowest BCUT2D eigenvalue weighted by atomic mass is 9.97. The van der Waals surface area contributed by atoms with Crippen molar-refractivity contribution in [1.29, 1.82) is 0 Å². The van der Waals surface area contributed by atoms with E-state index in [9.17, 15) is 9.59 Å². The summed E-state index contributed by atoms with van der Waals surface area (Å²) >= 11 is 0. The molecular formula is C17H22N4O3. The van der Waals surface area contributed by atoms with E-state index in [1.807, 2.05) is 20.8 Å². The number of benzene rings is 1. The number of anilines is 1. The molecule has 3 amide bonds. The third-order valence-electron chi connectivity index (χ3n) is 3.95. The summed E-state index contributed by atoms with van der Waals surface area (Å²) in [4.78, 5) is 29.3. The Hall–Kier alpha value is -2.57. The molecule has 1 saturated heterocycles. The minimum Gasteiger partial charge on any atom is -0.440 e. The van der Waals surface area contributed by atoms with E-state index in [2.05, 4.69) is 15.6 Å². The number of carbonyl (C=O) groups excluding carboxylic acids is 2. The second-order valence-corrected chi connectivity index (χ2v) is 7.17. The van der Waals surface area contributed by atoms with Crippen LogP contribution in [0.4, 0.5) is 10.5 Å². The van der Waals surface area contributed by atoms with Crippen LogP contribution in [-0.2, 0) is 10.2 Å². The van der Waals surface area contributed by atoms with Crippen LogP contribution < -0.4 is 10.6 Å². The van der Waals surface area contributed by atoms with Crippen LogP contribution in [0, 0.1) is 0 Å². The zero-order valence-electron chi connectivity index (χ0n) is 14.3. The number of urea groups is 1. The van der Waals surface area contributed by atoms with E-state index >= 15 is 0 Å². The van der Waals surface area contributed by atoms with Crippen LogP contribution in [-0.4, -0.2) is 41.0 Å². The fourth-order valence-electron chi connectivity index (χ4n) is 2.51. The number of hydrogen-bond donors (Lipinski definition) is 2. The second kappa shape index (κ2) is 5.81. The number of fused-ring (bicyclic) bond motifs is 1. The van der Waals surface area contributed by atoms with Gasteiger partial charge in [-0.15, -0.1) is 0 Å². The average Bonchev–Trinajstić information content (AvgIpc) is 2.85. The lowest BCUT2D eigenvalue weighted by molar-refractivity contribution is -0.133. The lowest BCUT2D eigenvalue weighted by Crippen LogP contribution is -2.61. The second-order valence-electron chi connectivity index (χ2n) is 7.17. The van der Waals surface area contributed by atoms with Crippen LogP contribution in [0.25, 0.3) is 11.1 Å². The molecule has 0 unspecified atom stereocenters. The van der Waals surface area contributed by atoms with Gasteiger partial charge in [-0.2, -0.15) is 0 Å². The number of nitrogens with zero attached hydrogens (tertiary/aromatic N) is 2. The molecule has 128 valence electrons. The van der Waals surface area contributed by atoms with Gasteiger partial charge in [-0.05, 0) is 18.2 Å². The summed E-state index contributed by atoms with van der Waals surface area (Å²) in [6.07, 6.45) is 0. The molecule has 7 heteroatoms. The zero-order valence-corrected chi connectivity index (χ0v) is 14.3. The van der Waals surface area contributed by atoms with Gasteiger partial charge in [0.2, 0.25) is 11.8 Å². The molecule has 0 atom stereocenters. The molecule has 2 aromatic rings. The number of hydrogen-bond acceptors (Lipinski definition) is 4. The Morgan fingerprint density at radius 3 is 2.62 bits per heavy atom. The Labute approximate surface area is 140 Å². The van der Waals surface area contributed by atoms with E-state index in [-0.39, 0.29) is 23.4 Å². The Bertz CT molecular complexity index is 785. The molecule has 0 radical (unpaired) electrons. The Morgan fingerprint density at radius 2 is 2.00 bits per heavy atom. The van der Waals surface area contributed by atoms with Crippen LogP contribution in [0.3, 0.4) is 0 Å². The Morgan fingerprint density at radius 1 is 1.29 bits per heavy atom. The maximum absolute atomic E-state index is 12.0. The highest BCUT2D eigenvalue weighted by Crippen LogP contribution is 2.27. The van der Waals surface area contributed by atoms with Gasteiger partial charge in [0.05, 0.1) is 6.04 Å². The van der Waals surface area contributed by atoms with Gasteiger partial charge in [0.15, 0.2) is 5.58 Å². The van der Waals surface area contributed by atoms with Crippen LogP contribution in [0.1, 0.15) is 33.6 Å². The predicted octanol–water partition coefficient (Wildman–Crippen LogP) is 2.48. The molecule has 1 fully saturated rings. The van der Waals surface area contributed by atoms with Crippen LogP contribution in [0.5, 0.6) is 0 Å². The summed E-state index contributed by atoms with van der Waals surface area (Å²) in [7, 11) is 0. The number of amides is 3. The number of nitrogens with one attached hydrogen (secondary N) is 2. The normalized spacial score (nSPS) is 15.2. The highest BCUT2D eigenvalue weighted by atomic mass is 16.3. The smallest absolute Gasteiger partial charge is 0.319 e. The predicted molar refractivity (Wildman–Crippen MR) is 90.9 cm³/mol. The van der Waals surface area contributed by atoms with Crippen molar-refractivity contribution >= 4 is 28.7 Å². The van der Waals surface area contributed by atoms with Crippen molar-refractivity contribution in [2.75, 3.05) is 18.4 Å². The first-order chi connectivity index (χ1) is 11.2. The van der Waals surface area contributed by atoms with E-state index < -0.39 is 0 Å². The third kappa shape index (κ3) is 3.34. The van der Waals surface area contributed by atoms with Gasteiger partial charge in [0.25, 0.3) is 0 Å². The van der Waals surface area contributed by atoms with E-state index in [0.29, 0.717) is 35.8 Å². The molecule has 0 spiro atoms. The molecule has 1 aliphatic heterocycles. The molecule has 0 saturated carbocycles. The molecule has 3 rings (SSSR count). The van der Waals surface area contributed by atoms with Gasteiger partial charge in [-0.25, -0.2) is 9.78 Å². The van der Waals surface area contributed by atoms with Crippen molar-refractivity contribution in [2.45, 2.75) is 39.2 Å². The molecule has 1 aromatic heterocycles. The standard InChI is InChI=1S/C17H22N4O3/c1-10(22)21-8-12(9-21)19-16(23)18-11-5-6-14-13(7-11)20-15(24-14)17(2,3)4/h5-7,12H,8-9H2,1-4H3,(H2,18,19,23). The summed E-state index contributed by atoms with van der Waals surface area (Å²) in [6.45, 7) is 8.74. The van der Waals surface area contributed by atoms with Crippen LogP contribution >= 0.6 is 0 Å². The summed E-state index contributed by atoms with van der Waals surface area (Å²) in [5, 5.41) is 5.63. The topological polar surface area (TPSA) is 87.5 Å². The van der Waals surface area contributed by atoms with Crippen LogP contribution in [0.15, 0.2) is 22.6 Å². The summed E-state index contributed by atoms with van der Waals surface area (Å²) < 4.78 is 5.74. The number of aromatic nitrogens is 1. The molecule has 7 nitrogen and oxygen atoms in total. The highest BCUT2D eigenvalue weighted by Gasteiger charge is 2.29. The van der Waals surface area contributed by atoms with Crippen molar-refractivity contribution in [3.05, 3.63) is 24.1 Å². The maximum atomic E-state index is 12.0. The van der Waals surface area contributed by atoms with Gasteiger partial charge < -0.3 is 20.0 Å². The Kier molecular flexibility index (Phi) is 3.95. The Balaban J connectivity index is 1.63. The molecule has 1 aromatic carbocycles. The van der Waals surface area contributed by atoms with E-state index in [1.165, 1.54) is 6.92 Å². The first kappa shape index (κ1) is 16.3. The number of likely N-dealkylation sites (tertiary alicyclic amines) is 1. The average molecular weight is 330 g/mol. The molecule has 2 N–H and O–H groups in total. The van der Waals surface area contributed by atoms with Crippen molar-refractivity contribution in [2.24, 2.45) is 0 Å². The highest BCUT2D eigenvalue weighted by molar-refractivity contribution is 5.92. The maximum Gasteiger partial charge on any atom is 0.319 e. The van der Waals surface area contributed by atoms with Crippen molar-refractivity contribution in [3.63, 3.8) is 0 Å². The quantitative estimate of drug-likeness (QED) is 0.885. The molecular weight excluding hydrogens is 308 g/mol. The minimum absolute atomic E-state index is 0.00262. The van der Waals surface area contributed by atoms with Gasteiger partial charge in [0.1, 0.15) is 5.52 Å². The molecule has 24 heavy (non-hydrogen) atoms. The fraction of sp³-hybridized carbons (Fsp3) is 0.471. The first-order valence-electron chi connectivity index (χ1n) is 7.96. The van der Waals surface area contributed by atoms with Crippen molar-refractivity contribution < 1.29 is 14.0 Å². The van der Waals surface area contributed by atoms with E-state index in [4.69, 9.17) is 4.42 Å². The molecule has 2 heterocycles. The lowest BCUT2D eigenvalue weighted by Gasteiger charge is -2.38. The van der Waals surface area contributed by atoms with E-state index in [1.54, 1.807) is 23.1 Å². The number of carbonyl (C=O) groups is 2. The van der Waals surface area contributed by atoms with E-state index in [0.717, 1.165) is 0 Å². The van der Waals surface area contributed by atoms with Crippen molar-refractivity contribution in [3.8, 4) is 0 Å². The number of oxazole rings is 1. The third-order valence-corrected chi connectivity index (χ3v) is 3.95. The van der Waals surface area contributed by atoms with Gasteiger partial charge in [-0.3, -0.25) is 4.79 Å². The first-order valence-corrected chi connectivity index (χ1v) is 7.96. The van der Waals surface area contributed by atoms with Crippen molar-refractivity contribution in [1.82, 2.24) is 15.2 Å². The molecule has 1 aliphatic rings. The molecule has 0 bridgehead atoms. The zero-order chi connectivity index (χ0) is 17.5. The monoisotopic (exact) mass is 330 g/mol. The summed E-state index contributed by atoms with van der Waals surface area (Å²) in [5.74, 6) is 0.692. The summed E-state index contributed by atoms with van der Waals surface area (Å²) in [5.41, 5.74) is 1.89. The summed E-state index contributed by atoms with van der Waals surface area (Å²) in [6, 6.07) is 5.08. The molecule has 0 aliphatic carbocycles. The number of rotatable bonds is 2. The SMILES string of the molecule is CC(=O)N1CC(NC(=O)Nc2ccc3oc(C(C)(C)C)nc3c2)C1. The van der Waals surface area contributed by atoms with Gasteiger partial charge in [-0.1, -0.05) is 20.8 Å². The van der Waals surface area contributed by atoms with Gasteiger partial charge >= 0.3 is 6.03 Å². The fourth-order valence-corrected chi connectivity index (χ4v) is 2.51. The minimum atomic E-state index is -0.290. The van der Waals surface area contributed by atoms with Crippen LogP contribution in [0.2, 0.25) is 0 Å². The largest absolute Gasteiger partial charge is 0.440 e. The van der Waals surface area contributed by atoms with Gasteiger partial charge in [0, 0.05) is 31.1 Å².